The number of rotatable bonds is 4. The molecule has 7 heteroatoms. The average Bonchev–Trinajstić information content (AvgIpc) is 3.28. The summed E-state index contributed by atoms with van der Waals surface area (Å²) in [5, 5.41) is 1.32. The van der Waals surface area contributed by atoms with Crippen molar-refractivity contribution >= 4 is 39.2 Å². The Morgan fingerprint density at radius 2 is 1.93 bits per heavy atom. The van der Waals surface area contributed by atoms with Crippen molar-refractivity contribution in [2.45, 2.75) is 74.7 Å². The minimum absolute atomic E-state index is 0.0535. The molecule has 27 heavy (non-hydrogen) atoms. The highest BCUT2D eigenvalue weighted by Crippen LogP contribution is 2.38. The number of carbonyl (C=O) groups is 1. The lowest BCUT2D eigenvalue weighted by Crippen LogP contribution is -2.32. The number of carbonyl (C=O) groups excluding carboxylic acids is 1. The van der Waals surface area contributed by atoms with E-state index in [2.05, 4.69) is 0 Å². The minimum Gasteiger partial charge on any atom is -0.348 e. The first-order valence-electron chi connectivity index (χ1n) is 9.92. The number of nitrogens with zero attached hydrogens (tertiary/aromatic N) is 3. The van der Waals surface area contributed by atoms with Gasteiger partial charge in [0.25, 0.3) is 5.56 Å². The molecule has 0 aromatic carbocycles. The summed E-state index contributed by atoms with van der Waals surface area (Å²) in [7, 11) is 3.54. The number of fused-ring (bicyclic) bond motifs is 3. The van der Waals surface area contributed by atoms with Crippen molar-refractivity contribution in [3.63, 3.8) is 0 Å². The summed E-state index contributed by atoms with van der Waals surface area (Å²) in [6.07, 6.45) is 8.81. The maximum absolute atomic E-state index is 13.6. The van der Waals surface area contributed by atoms with Gasteiger partial charge in [-0.15, -0.1) is 11.3 Å². The predicted molar refractivity (Wildman–Crippen MR) is 112 cm³/mol. The van der Waals surface area contributed by atoms with E-state index in [-0.39, 0.29) is 22.8 Å². The largest absolute Gasteiger partial charge is 0.348 e. The van der Waals surface area contributed by atoms with Crippen LogP contribution in [-0.4, -0.2) is 39.7 Å². The van der Waals surface area contributed by atoms with Crippen LogP contribution in [0.2, 0.25) is 0 Å². The Labute approximate surface area is 168 Å². The maximum atomic E-state index is 13.6. The van der Waals surface area contributed by atoms with E-state index in [4.69, 9.17) is 4.98 Å². The van der Waals surface area contributed by atoms with Crippen molar-refractivity contribution in [2.75, 3.05) is 14.1 Å². The highest BCUT2D eigenvalue weighted by Gasteiger charge is 2.28. The first kappa shape index (κ1) is 19.0. The van der Waals surface area contributed by atoms with Gasteiger partial charge in [-0.3, -0.25) is 14.2 Å². The van der Waals surface area contributed by atoms with Crippen LogP contribution in [0.25, 0.3) is 10.2 Å². The van der Waals surface area contributed by atoms with Crippen molar-refractivity contribution < 1.29 is 4.79 Å². The highest BCUT2D eigenvalue weighted by molar-refractivity contribution is 8.00. The van der Waals surface area contributed by atoms with Crippen LogP contribution in [0.3, 0.4) is 0 Å². The third-order valence-electron chi connectivity index (χ3n) is 5.75. The fourth-order valence-electron chi connectivity index (χ4n) is 4.34. The van der Waals surface area contributed by atoms with Crippen molar-refractivity contribution in [1.82, 2.24) is 14.5 Å². The van der Waals surface area contributed by atoms with Crippen LogP contribution < -0.4 is 5.56 Å². The summed E-state index contributed by atoms with van der Waals surface area (Å²) in [6, 6.07) is 0.220. The molecule has 1 saturated carbocycles. The summed E-state index contributed by atoms with van der Waals surface area (Å²) in [5.74, 6) is 0.0535. The molecule has 1 fully saturated rings. The standard InChI is InChI=1S/C20H27N3O2S2/c1-12(18(24)22(2)3)26-20-21-17-16(14-10-6-7-11-15(14)27-17)19(25)23(20)13-8-4-5-9-13/h12-13H,4-11H2,1-3H3/t12-/m0/s1. The number of hydrogen-bond donors (Lipinski definition) is 0. The molecule has 0 unspecified atom stereocenters. The number of amides is 1. The second kappa shape index (κ2) is 7.59. The number of aryl methyl sites for hydroxylation is 2. The molecule has 2 aromatic rings. The van der Waals surface area contributed by atoms with E-state index in [9.17, 15) is 9.59 Å². The molecule has 0 N–H and O–H groups in total. The molecule has 0 bridgehead atoms. The lowest BCUT2D eigenvalue weighted by Gasteiger charge is -2.21. The maximum Gasteiger partial charge on any atom is 0.263 e. The Balaban J connectivity index is 1.84. The van der Waals surface area contributed by atoms with E-state index in [0.29, 0.717) is 0 Å². The van der Waals surface area contributed by atoms with Crippen LogP contribution in [0.1, 0.15) is 61.9 Å². The molecule has 0 saturated heterocycles. The number of thioether (sulfide) groups is 1. The van der Waals surface area contributed by atoms with E-state index >= 15 is 0 Å². The molecule has 146 valence electrons. The van der Waals surface area contributed by atoms with Crippen LogP contribution in [-0.2, 0) is 17.6 Å². The Kier molecular flexibility index (Phi) is 5.34. The summed E-state index contributed by atoms with van der Waals surface area (Å²) in [5.41, 5.74) is 1.37. The van der Waals surface area contributed by atoms with Crippen LogP contribution in [0.5, 0.6) is 0 Å². The first-order chi connectivity index (χ1) is 13.0. The monoisotopic (exact) mass is 405 g/mol. The highest BCUT2D eigenvalue weighted by atomic mass is 32.2. The minimum atomic E-state index is -0.258. The van der Waals surface area contributed by atoms with Crippen molar-refractivity contribution in [2.24, 2.45) is 0 Å². The van der Waals surface area contributed by atoms with Crippen LogP contribution in [0.15, 0.2) is 9.95 Å². The molecule has 2 aliphatic rings. The molecule has 1 atom stereocenters. The molecule has 5 nitrogen and oxygen atoms in total. The Hall–Kier alpha value is -1.34. The van der Waals surface area contributed by atoms with Gasteiger partial charge in [0.05, 0.1) is 10.6 Å². The van der Waals surface area contributed by atoms with Gasteiger partial charge < -0.3 is 4.90 Å². The van der Waals surface area contributed by atoms with Crippen LogP contribution in [0, 0.1) is 0 Å². The zero-order chi connectivity index (χ0) is 19.1. The normalized spacial score (nSPS) is 18.6. The fourth-order valence-corrected chi connectivity index (χ4v) is 6.77. The van der Waals surface area contributed by atoms with Crippen molar-refractivity contribution in [3.8, 4) is 0 Å². The van der Waals surface area contributed by atoms with E-state index in [0.717, 1.165) is 60.3 Å². The zero-order valence-corrected chi connectivity index (χ0v) is 17.9. The molecule has 0 radical (unpaired) electrons. The van der Waals surface area contributed by atoms with Gasteiger partial charge >= 0.3 is 0 Å². The van der Waals surface area contributed by atoms with E-state index in [1.54, 1.807) is 30.3 Å². The lowest BCUT2D eigenvalue weighted by molar-refractivity contribution is -0.127. The Morgan fingerprint density at radius 1 is 1.22 bits per heavy atom. The van der Waals surface area contributed by atoms with Crippen molar-refractivity contribution in [3.05, 3.63) is 20.8 Å². The molecular weight excluding hydrogens is 378 g/mol. The van der Waals surface area contributed by atoms with Gasteiger partial charge in [0.2, 0.25) is 5.91 Å². The Bertz CT molecular complexity index is 925. The molecule has 0 aliphatic heterocycles. The second-order valence-corrected chi connectivity index (χ2v) is 10.3. The number of hydrogen-bond acceptors (Lipinski definition) is 5. The van der Waals surface area contributed by atoms with Gasteiger partial charge in [-0.1, -0.05) is 24.6 Å². The van der Waals surface area contributed by atoms with E-state index < -0.39 is 0 Å². The summed E-state index contributed by atoms with van der Waals surface area (Å²) >= 11 is 3.12. The topological polar surface area (TPSA) is 55.2 Å². The van der Waals surface area contributed by atoms with E-state index in [1.807, 2.05) is 11.5 Å². The summed E-state index contributed by atoms with van der Waals surface area (Å²) in [4.78, 5) is 34.7. The molecule has 1 amide bonds. The van der Waals surface area contributed by atoms with Gasteiger partial charge in [0.1, 0.15) is 4.83 Å². The Morgan fingerprint density at radius 3 is 2.63 bits per heavy atom. The SMILES string of the molecule is C[C@H](Sc1nc2sc3c(c2c(=O)n1C1CCCC1)CCCC3)C(=O)N(C)C. The molecule has 4 rings (SSSR count). The van der Waals surface area contributed by atoms with Gasteiger partial charge in [-0.2, -0.15) is 0 Å². The summed E-state index contributed by atoms with van der Waals surface area (Å²) < 4.78 is 1.93. The fraction of sp³-hybridized carbons (Fsp3) is 0.650. The molecular formula is C20H27N3O2S2. The zero-order valence-electron chi connectivity index (χ0n) is 16.3. The number of thiophene rings is 1. The third-order valence-corrected chi connectivity index (χ3v) is 7.99. The molecule has 0 spiro atoms. The van der Waals surface area contributed by atoms with Gasteiger partial charge in [-0.25, -0.2) is 4.98 Å². The van der Waals surface area contributed by atoms with Crippen LogP contribution in [0.4, 0.5) is 0 Å². The quantitative estimate of drug-likeness (QED) is 0.569. The van der Waals surface area contributed by atoms with Gasteiger partial charge in [0.15, 0.2) is 5.16 Å². The molecule has 2 aliphatic carbocycles. The first-order valence-corrected chi connectivity index (χ1v) is 11.6. The van der Waals surface area contributed by atoms with Gasteiger partial charge in [-0.05, 0) is 51.0 Å². The predicted octanol–water partition coefficient (Wildman–Crippen LogP) is 4.02. The van der Waals surface area contributed by atoms with Gasteiger partial charge in [0, 0.05) is 25.0 Å². The third kappa shape index (κ3) is 3.44. The van der Waals surface area contributed by atoms with Crippen LogP contribution >= 0.6 is 23.1 Å². The number of aromatic nitrogens is 2. The average molecular weight is 406 g/mol. The lowest BCUT2D eigenvalue weighted by atomic mass is 9.97. The second-order valence-electron chi connectivity index (χ2n) is 7.89. The van der Waals surface area contributed by atoms with E-state index in [1.165, 1.54) is 28.6 Å². The van der Waals surface area contributed by atoms with Crippen molar-refractivity contribution in [1.29, 1.82) is 0 Å². The molecule has 2 aromatic heterocycles. The smallest absolute Gasteiger partial charge is 0.263 e. The summed E-state index contributed by atoms with van der Waals surface area (Å²) in [6.45, 7) is 1.90. The molecule has 2 heterocycles.